The van der Waals surface area contributed by atoms with Gasteiger partial charge in [0, 0.05) is 5.69 Å². The maximum atomic E-state index is 12.4. The van der Waals surface area contributed by atoms with Crippen molar-refractivity contribution < 1.29 is 14.6 Å². The van der Waals surface area contributed by atoms with E-state index < -0.39 is 6.10 Å². The van der Waals surface area contributed by atoms with E-state index in [1.807, 2.05) is 0 Å². The van der Waals surface area contributed by atoms with Crippen LogP contribution in [0.4, 0.5) is 5.69 Å². The molecule has 1 aromatic carbocycles. The Morgan fingerprint density at radius 2 is 2.10 bits per heavy atom. The lowest BCUT2D eigenvalue weighted by molar-refractivity contribution is 0.0817. The summed E-state index contributed by atoms with van der Waals surface area (Å²) in [5.74, 6) is 0.163. The van der Waals surface area contributed by atoms with E-state index in [0.29, 0.717) is 17.0 Å². The van der Waals surface area contributed by atoms with Crippen LogP contribution in [0.15, 0.2) is 18.2 Å². The highest BCUT2D eigenvalue weighted by molar-refractivity contribution is 6.02. The molecule has 1 amide bonds. The molecule has 1 aliphatic rings. The first-order valence-corrected chi connectivity index (χ1v) is 7.05. The Bertz CT molecular complexity index is 476. The molecule has 0 saturated heterocycles. The van der Waals surface area contributed by atoms with Gasteiger partial charge in [-0.3, -0.25) is 4.79 Å². The molecule has 0 bridgehead atoms. The van der Waals surface area contributed by atoms with Gasteiger partial charge in [-0.15, -0.1) is 0 Å². The summed E-state index contributed by atoms with van der Waals surface area (Å²) in [7, 11) is 1.51. The molecule has 5 heteroatoms. The maximum Gasteiger partial charge on any atom is 0.257 e. The van der Waals surface area contributed by atoms with Gasteiger partial charge < -0.3 is 20.9 Å². The quantitative estimate of drug-likeness (QED) is 0.580. The molecule has 5 nitrogen and oxygen atoms in total. The van der Waals surface area contributed by atoms with Gasteiger partial charge in [0.2, 0.25) is 0 Å². The predicted molar refractivity (Wildman–Crippen MR) is 77.8 cm³/mol. The Balaban J connectivity index is 2.15. The van der Waals surface area contributed by atoms with Gasteiger partial charge in [-0.1, -0.05) is 25.3 Å². The number of amides is 1. The molecule has 1 saturated carbocycles. The minimum Gasteiger partial charge on any atom is -0.496 e. The fraction of sp³-hybridized carbons (Fsp3) is 0.533. The van der Waals surface area contributed by atoms with E-state index in [9.17, 15) is 9.90 Å². The smallest absolute Gasteiger partial charge is 0.257 e. The summed E-state index contributed by atoms with van der Waals surface area (Å²) in [4.78, 5) is 12.4. The van der Waals surface area contributed by atoms with Crippen LogP contribution in [0.3, 0.4) is 0 Å². The topological polar surface area (TPSA) is 84.6 Å². The second-order valence-electron chi connectivity index (χ2n) is 5.21. The van der Waals surface area contributed by atoms with Crippen molar-refractivity contribution >= 4 is 11.6 Å². The van der Waals surface area contributed by atoms with Crippen LogP contribution < -0.4 is 15.8 Å². The first kappa shape index (κ1) is 14.7. The van der Waals surface area contributed by atoms with Gasteiger partial charge in [-0.2, -0.15) is 0 Å². The highest BCUT2D eigenvalue weighted by atomic mass is 16.5. The summed E-state index contributed by atoms with van der Waals surface area (Å²) in [6.07, 6.45) is 4.15. The minimum absolute atomic E-state index is 0.214. The fourth-order valence-corrected chi connectivity index (χ4v) is 2.66. The molecule has 2 unspecified atom stereocenters. The maximum absolute atomic E-state index is 12.4. The lowest BCUT2D eigenvalue weighted by Gasteiger charge is -2.22. The highest BCUT2D eigenvalue weighted by Crippen LogP contribution is 2.25. The number of carbonyl (C=O) groups excluding carboxylic acids is 1. The van der Waals surface area contributed by atoms with Crippen LogP contribution >= 0.6 is 0 Å². The first-order valence-electron chi connectivity index (χ1n) is 7.05. The molecule has 2 atom stereocenters. The monoisotopic (exact) mass is 278 g/mol. The van der Waals surface area contributed by atoms with Crippen LogP contribution in [0.2, 0.25) is 0 Å². The summed E-state index contributed by atoms with van der Waals surface area (Å²) in [5, 5.41) is 13.0. The molecule has 4 N–H and O–H groups in total. The lowest BCUT2D eigenvalue weighted by Crippen LogP contribution is -2.43. The Kier molecular flexibility index (Phi) is 4.84. The van der Waals surface area contributed by atoms with Crippen LogP contribution in [0.1, 0.15) is 42.5 Å². The summed E-state index contributed by atoms with van der Waals surface area (Å²) in [6.45, 7) is 0. The Hall–Kier alpha value is -1.75. The number of benzene rings is 1. The first-order chi connectivity index (χ1) is 9.63. The Morgan fingerprint density at radius 3 is 2.85 bits per heavy atom. The van der Waals surface area contributed by atoms with Crippen LogP contribution in [0, 0.1) is 0 Å². The molecule has 1 aromatic rings. The van der Waals surface area contributed by atoms with Crippen molar-refractivity contribution in [3.63, 3.8) is 0 Å². The molecule has 1 fully saturated rings. The van der Waals surface area contributed by atoms with Crippen molar-refractivity contribution in [2.75, 3.05) is 12.8 Å². The number of nitrogen functional groups attached to an aromatic ring is 1. The van der Waals surface area contributed by atoms with Crippen LogP contribution in [0.25, 0.3) is 0 Å². The Labute approximate surface area is 119 Å². The van der Waals surface area contributed by atoms with Crippen LogP contribution in [-0.4, -0.2) is 30.3 Å². The average molecular weight is 278 g/mol. The molecular weight excluding hydrogens is 256 g/mol. The van der Waals surface area contributed by atoms with Crippen molar-refractivity contribution in [3.05, 3.63) is 23.8 Å². The van der Waals surface area contributed by atoms with E-state index in [4.69, 9.17) is 10.5 Å². The number of rotatable bonds is 3. The zero-order valence-electron chi connectivity index (χ0n) is 11.8. The second-order valence-corrected chi connectivity index (χ2v) is 5.21. The van der Waals surface area contributed by atoms with Crippen LogP contribution in [0.5, 0.6) is 5.75 Å². The van der Waals surface area contributed by atoms with Gasteiger partial charge in [0.05, 0.1) is 19.3 Å². The molecule has 2 rings (SSSR count). The zero-order chi connectivity index (χ0) is 14.5. The number of nitrogens with one attached hydrogen (secondary N) is 1. The van der Waals surface area contributed by atoms with E-state index in [0.717, 1.165) is 32.1 Å². The molecule has 0 aliphatic heterocycles. The summed E-state index contributed by atoms with van der Waals surface area (Å²) < 4.78 is 5.18. The van der Waals surface area contributed by atoms with E-state index in [1.54, 1.807) is 18.2 Å². The normalized spacial score (nSPS) is 22.9. The molecule has 20 heavy (non-hydrogen) atoms. The molecule has 0 heterocycles. The Morgan fingerprint density at radius 1 is 1.35 bits per heavy atom. The van der Waals surface area contributed by atoms with Gasteiger partial charge in [-0.05, 0) is 25.0 Å². The number of carbonyl (C=O) groups is 1. The molecule has 110 valence electrons. The molecular formula is C15H22N2O3. The number of methoxy groups -OCH3 is 1. The number of hydrogen-bond donors (Lipinski definition) is 3. The van der Waals surface area contributed by atoms with E-state index in [-0.39, 0.29) is 11.9 Å². The van der Waals surface area contributed by atoms with E-state index >= 15 is 0 Å². The standard InChI is InChI=1S/C15H22N2O3/c1-20-13-9-5-6-10(16)14(13)15(19)17-11-7-3-2-4-8-12(11)18/h5-6,9,11-12,18H,2-4,7-8,16H2,1H3,(H,17,19). The number of hydrogen-bond acceptors (Lipinski definition) is 4. The lowest BCUT2D eigenvalue weighted by atomic mass is 10.0. The van der Waals surface area contributed by atoms with Gasteiger partial charge in [0.15, 0.2) is 0 Å². The number of aliphatic hydroxyl groups excluding tert-OH is 1. The predicted octanol–water partition coefficient (Wildman–Crippen LogP) is 1.70. The van der Waals surface area contributed by atoms with Crippen molar-refractivity contribution in [1.82, 2.24) is 5.32 Å². The van der Waals surface area contributed by atoms with E-state index in [1.165, 1.54) is 7.11 Å². The SMILES string of the molecule is COc1cccc(N)c1C(=O)NC1CCCCCC1O. The zero-order valence-corrected chi connectivity index (χ0v) is 11.8. The van der Waals surface area contributed by atoms with Crippen molar-refractivity contribution in [1.29, 1.82) is 0 Å². The van der Waals surface area contributed by atoms with Gasteiger partial charge >= 0.3 is 0 Å². The van der Waals surface area contributed by atoms with E-state index in [2.05, 4.69) is 5.32 Å². The third-order valence-electron chi connectivity index (χ3n) is 3.80. The summed E-state index contributed by atoms with van der Waals surface area (Å²) in [6, 6.07) is 4.90. The summed E-state index contributed by atoms with van der Waals surface area (Å²) in [5.41, 5.74) is 6.58. The van der Waals surface area contributed by atoms with Crippen molar-refractivity contribution in [3.8, 4) is 5.75 Å². The molecule has 0 spiro atoms. The number of nitrogens with two attached hydrogens (primary N) is 1. The minimum atomic E-state index is -0.489. The van der Waals surface area contributed by atoms with Crippen LogP contribution in [-0.2, 0) is 0 Å². The average Bonchev–Trinajstić information content (AvgIpc) is 2.63. The number of aliphatic hydroxyl groups is 1. The van der Waals surface area contributed by atoms with Gasteiger partial charge in [-0.25, -0.2) is 0 Å². The number of anilines is 1. The van der Waals surface area contributed by atoms with Crippen molar-refractivity contribution in [2.45, 2.75) is 44.2 Å². The molecule has 0 aromatic heterocycles. The molecule has 1 aliphatic carbocycles. The third-order valence-corrected chi connectivity index (χ3v) is 3.80. The molecule has 0 radical (unpaired) electrons. The second kappa shape index (κ2) is 6.61. The summed E-state index contributed by atoms with van der Waals surface area (Å²) >= 11 is 0. The fourth-order valence-electron chi connectivity index (χ4n) is 2.66. The highest BCUT2D eigenvalue weighted by Gasteiger charge is 2.25. The largest absolute Gasteiger partial charge is 0.496 e. The van der Waals surface area contributed by atoms with Crippen molar-refractivity contribution in [2.24, 2.45) is 0 Å². The number of ether oxygens (including phenoxy) is 1. The third kappa shape index (κ3) is 3.22. The van der Waals surface area contributed by atoms with Gasteiger partial charge in [0.1, 0.15) is 11.3 Å². The van der Waals surface area contributed by atoms with Gasteiger partial charge in [0.25, 0.3) is 5.91 Å².